The van der Waals surface area contributed by atoms with Crippen LogP contribution in [0.2, 0.25) is 0 Å². The number of aliphatic hydroxyl groups is 2. The van der Waals surface area contributed by atoms with Crippen LogP contribution in [0.1, 0.15) is 27.7 Å². The molecule has 0 radical (unpaired) electrons. The summed E-state index contributed by atoms with van der Waals surface area (Å²) in [5.74, 6) is -1.51. The Hall–Kier alpha value is -0.240. The molecule has 2 saturated heterocycles. The molecule has 0 saturated carbocycles. The van der Waals surface area contributed by atoms with Gasteiger partial charge in [0, 0.05) is 0 Å². The van der Waals surface area contributed by atoms with Crippen molar-refractivity contribution >= 4 is 0 Å². The average molecular weight is 262 g/mol. The minimum atomic E-state index is -0.898. The quantitative estimate of drug-likeness (QED) is 0.746. The van der Waals surface area contributed by atoms with Gasteiger partial charge in [-0.25, -0.2) is 0 Å². The Morgan fingerprint density at radius 2 is 1.78 bits per heavy atom. The Labute approximate surface area is 107 Å². The highest BCUT2D eigenvalue weighted by atomic mass is 16.8. The van der Waals surface area contributed by atoms with E-state index in [4.69, 9.17) is 18.9 Å². The zero-order valence-electron chi connectivity index (χ0n) is 11.3. The second-order valence-electron chi connectivity index (χ2n) is 5.68. The molecule has 2 rings (SSSR count). The van der Waals surface area contributed by atoms with E-state index in [1.807, 2.05) is 0 Å². The molecule has 2 heterocycles. The first-order chi connectivity index (χ1) is 8.24. The van der Waals surface area contributed by atoms with Crippen LogP contribution in [0.15, 0.2) is 0 Å². The van der Waals surface area contributed by atoms with Gasteiger partial charge in [-0.1, -0.05) is 0 Å². The Morgan fingerprint density at radius 1 is 1.11 bits per heavy atom. The smallest absolute Gasteiger partial charge is 0.164 e. The third-order valence-corrected chi connectivity index (χ3v) is 3.15. The molecule has 4 atom stereocenters. The summed E-state index contributed by atoms with van der Waals surface area (Å²) < 4.78 is 22.1. The highest BCUT2D eigenvalue weighted by Gasteiger charge is 2.49. The summed E-state index contributed by atoms with van der Waals surface area (Å²) >= 11 is 0. The summed E-state index contributed by atoms with van der Waals surface area (Å²) in [5.41, 5.74) is 0. The summed E-state index contributed by atoms with van der Waals surface area (Å²) in [5, 5.41) is 19.6. The number of aliphatic hydroxyl groups excluding tert-OH is 2. The van der Waals surface area contributed by atoms with Gasteiger partial charge in [0.15, 0.2) is 11.6 Å². The van der Waals surface area contributed by atoms with Gasteiger partial charge in [0.2, 0.25) is 0 Å². The monoisotopic (exact) mass is 262 g/mol. The third-order valence-electron chi connectivity index (χ3n) is 3.15. The molecule has 2 aliphatic rings. The van der Waals surface area contributed by atoms with Crippen molar-refractivity contribution in [2.45, 2.75) is 63.7 Å². The van der Waals surface area contributed by atoms with Crippen LogP contribution in [-0.2, 0) is 18.9 Å². The topological polar surface area (TPSA) is 77.4 Å². The summed E-state index contributed by atoms with van der Waals surface area (Å²) in [4.78, 5) is 0. The Morgan fingerprint density at radius 3 is 2.28 bits per heavy atom. The van der Waals surface area contributed by atoms with Gasteiger partial charge in [0.25, 0.3) is 0 Å². The van der Waals surface area contributed by atoms with Crippen molar-refractivity contribution in [3.05, 3.63) is 0 Å². The van der Waals surface area contributed by atoms with Crippen molar-refractivity contribution in [1.29, 1.82) is 0 Å². The lowest BCUT2D eigenvalue weighted by molar-refractivity contribution is -0.178. The van der Waals surface area contributed by atoms with E-state index >= 15 is 0 Å². The standard InChI is InChI=1S/C12H22O6/c1-11(2)15-6-8(17-11)9(14)10-7(5-13)16-12(3,4)18-10/h7-10,13-14H,5-6H2,1-4H3/t7-,8?,9+,10?/m0/s1. The summed E-state index contributed by atoms with van der Waals surface area (Å²) in [6.07, 6.45) is -2.54. The minimum Gasteiger partial charge on any atom is -0.394 e. The number of hydrogen-bond acceptors (Lipinski definition) is 6. The summed E-state index contributed by atoms with van der Waals surface area (Å²) in [6.45, 7) is 7.17. The van der Waals surface area contributed by atoms with Crippen LogP contribution < -0.4 is 0 Å². The van der Waals surface area contributed by atoms with Gasteiger partial charge in [0.05, 0.1) is 13.2 Å². The molecule has 0 bridgehead atoms. The molecule has 0 aromatic rings. The van der Waals surface area contributed by atoms with E-state index in [1.54, 1.807) is 27.7 Å². The van der Waals surface area contributed by atoms with Gasteiger partial charge in [-0.05, 0) is 27.7 Å². The molecule has 2 N–H and O–H groups in total. The largest absolute Gasteiger partial charge is 0.394 e. The second kappa shape index (κ2) is 4.70. The first-order valence-electron chi connectivity index (χ1n) is 6.20. The van der Waals surface area contributed by atoms with Gasteiger partial charge in [-0.2, -0.15) is 0 Å². The zero-order chi connectivity index (χ0) is 13.6. The molecule has 18 heavy (non-hydrogen) atoms. The van der Waals surface area contributed by atoms with E-state index in [-0.39, 0.29) is 6.61 Å². The molecule has 6 heteroatoms. The van der Waals surface area contributed by atoms with Crippen molar-refractivity contribution in [2.75, 3.05) is 13.2 Å². The van der Waals surface area contributed by atoms with Crippen LogP contribution in [0.5, 0.6) is 0 Å². The normalized spacial score (nSPS) is 40.0. The molecule has 6 nitrogen and oxygen atoms in total. The predicted octanol–water partition coefficient (Wildman–Crippen LogP) is 0.0112. The predicted molar refractivity (Wildman–Crippen MR) is 61.8 cm³/mol. The van der Waals surface area contributed by atoms with Crippen molar-refractivity contribution < 1.29 is 29.2 Å². The fourth-order valence-corrected chi connectivity index (χ4v) is 2.39. The van der Waals surface area contributed by atoms with Crippen LogP contribution in [0.3, 0.4) is 0 Å². The van der Waals surface area contributed by atoms with Gasteiger partial charge < -0.3 is 29.2 Å². The number of rotatable bonds is 3. The van der Waals surface area contributed by atoms with E-state index < -0.39 is 36.0 Å². The Bertz CT molecular complexity index is 303. The Kier molecular flexibility index (Phi) is 3.70. The highest BCUT2D eigenvalue weighted by Crippen LogP contribution is 2.33. The maximum absolute atomic E-state index is 10.3. The third kappa shape index (κ3) is 2.84. The molecule has 2 unspecified atom stereocenters. The molecule has 0 aliphatic carbocycles. The van der Waals surface area contributed by atoms with Crippen LogP contribution in [0, 0.1) is 0 Å². The SMILES string of the molecule is CC1(C)OCC([C@@H](O)C2OC(C)(C)O[C@H]2CO)O1. The van der Waals surface area contributed by atoms with Crippen LogP contribution >= 0.6 is 0 Å². The van der Waals surface area contributed by atoms with Crippen LogP contribution in [0.25, 0.3) is 0 Å². The van der Waals surface area contributed by atoms with Crippen molar-refractivity contribution in [3.8, 4) is 0 Å². The fraction of sp³-hybridized carbons (Fsp3) is 1.00. The van der Waals surface area contributed by atoms with E-state index in [0.717, 1.165) is 0 Å². The maximum Gasteiger partial charge on any atom is 0.164 e. The van der Waals surface area contributed by atoms with E-state index in [9.17, 15) is 10.2 Å². The highest BCUT2D eigenvalue weighted by molar-refractivity contribution is 4.91. The van der Waals surface area contributed by atoms with Gasteiger partial charge >= 0.3 is 0 Å². The zero-order valence-corrected chi connectivity index (χ0v) is 11.3. The molecule has 0 aromatic carbocycles. The molecular formula is C12H22O6. The van der Waals surface area contributed by atoms with E-state index in [1.165, 1.54) is 0 Å². The molecule has 2 fully saturated rings. The summed E-state index contributed by atoms with van der Waals surface area (Å²) in [6, 6.07) is 0. The second-order valence-corrected chi connectivity index (χ2v) is 5.68. The molecule has 0 spiro atoms. The van der Waals surface area contributed by atoms with Crippen molar-refractivity contribution in [3.63, 3.8) is 0 Å². The van der Waals surface area contributed by atoms with Gasteiger partial charge in [0.1, 0.15) is 24.4 Å². The van der Waals surface area contributed by atoms with Gasteiger partial charge in [-0.15, -0.1) is 0 Å². The van der Waals surface area contributed by atoms with Crippen molar-refractivity contribution in [2.24, 2.45) is 0 Å². The van der Waals surface area contributed by atoms with E-state index in [0.29, 0.717) is 6.61 Å². The first kappa shape index (κ1) is 14.2. The summed E-state index contributed by atoms with van der Waals surface area (Å²) in [7, 11) is 0. The molecule has 2 aliphatic heterocycles. The number of hydrogen-bond donors (Lipinski definition) is 2. The van der Waals surface area contributed by atoms with Gasteiger partial charge in [-0.3, -0.25) is 0 Å². The van der Waals surface area contributed by atoms with E-state index in [2.05, 4.69) is 0 Å². The average Bonchev–Trinajstić information content (AvgIpc) is 2.77. The van der Waals surface area contributed by atoms with Crippen LogP contribution in [0.4, 0.5) is 0 Å². The first-order valence-corrected chi connectivity index (χ1v) is 6.20. The molecule has 0 amide bonds. The lowest BCUT2D eigenvalue weighted by Crippen LogP contribution is -2.45. The molecule has 0 aromatic heterocycles. The fourth-order valence-electron chi connectivity index (χ4n) is 2.39. The minimum absolute atomic E-state index is 0.206. The lowest BCUT2D eigenvalue weighted by atomic mass is 10.0. The van der Waals surface area contributed by atoms with Crippen LogP contribution in [-0.4, -0.2) is 59.4 Å². The maximum atomic E-state index is 10.3. The Balaban J connectivity index is 2.02. The number of ether oxygens (including phenoxy) is 4. The molecule has 106 valence electrons. The van der Waals surface area contributed by atoms with Crippen molar-refractivity contribution in [1.82, 2.24) is 0 Å². The lowest BCUT2D eigenvalue weighted by Gasteiger charge is -2.26. The molecular weight excluding hydrogens is 240 g/mol.